The molecule has 2 aromatic rings. The molecule has 1 amide bonds. The van der Waals surface area contributed by atoms with Crippen molar-refractivity contribution >= 4 is 23.2 Å². The van der Waals surface area contributed by atoms with Crippen molar-refractivity contribution in [3.63, 3.8) is 0 Å². The standard InChI is InChI=1S/C15H18ClN3O3/c1-9-12(15(16)19(2)18-9)7-14(21)17-11-4-5-13(22-3)10(6-11)8-20/h4-6,20H,7-8H2,1-3H3,(H,17,21). The van der Waals surface area contributed by atoms with Crippen LogP contribution in [0.2, 0.25) is 5.15 Å². The molecule has 0 saturated carbocycles. The first-order chi connectivity index (χ1) is 10.5. The summed E-state index contributed by atoms with van der Waals surface area (Å²) in [5.74, 6) is 0.374. The van der Waals surface area contributed by atoms with Gasteiger partial charge in [0, 0.05) is 23.9 Å². The average Bonchev–Trinajstić information content (AvgIpc) is 2.73. The molecule has 0 atom stereocenters. The van der Waals surface area contributed by atoms with E-state index in [9.17, 15) is 9.90 Å². The van der Waals surface area contributed by atoms with E-state index < -0.39 is 0 Å². The van der Waals surface area contributed by atoms with Crippen molar-refractivity contribution in [3.8, 4) is 5.75 Å². The predicted molar refractivity (Wildman–Crippen MR) is 84.2 cm³/mol. The van der Waals surface area contributed by atoms with Crippen LogP contribution in [0.15, 0.2) is 18.2 Å². The van der Waals surface area contributed by atoms with Gasteiger partial charge in [0.1, 0.15) is 10.9 Å². The van der Waals surface area contributed by atoms with Gasteiger partial charge in [-0.3, -0.25) is 9.48 Å². The van der Waals surface area contributed by atoms with Gasteiger partial charge in [-0.2, -0.15) is 5.10 Å². The van der Waals surface area contributed by atoms with E-state index in [2.05, 4.69) is 10.4 Å². The fraction of sp³-hybridized carbons (Fsp3) is 0.333. The Morgan fingerprint density at radius 3 is 2.77 bits per heavy atom. The van der Waals surface area contributed by atoms with Crippen LogP contribution in [-0.2, 0) is 24.9 Å². The summed E-state index contributed by atoms with van der Waals surface area (Å²) in [7, 11) is 3.26. The van der Waals surface area contributed by atoms with Gasteiger partial charge in [-0.05, 0) is 25.1 Å². The predicted octanol–water partition coefficient (Wildman–Crippen LogP) is 2.06. The molecule has 6 nitrogen and oxygen atoms in total. The molecule has 0 aliphatic heterocycles. The number of aromatic nitrogens is 2. The number of aliphatic hydroxyl groups is 1. The van der Waals surface area contributed by atoms with Crippen LogP contribution in [0.5, 0.6) is 5.75 Å². The third kappa shape index (κ3) is 3.40. The summed E-state index contributed by atoms with van der Waals surface area (Å²) in [6.07, 6.45) is 0.138. The Morgan fingerprint density at radius 2 is 2.23 bits per heavy atom. The molecule has 1 aromatic carbocycles. The van der Waals surface area contributed by atoms with Crippen LogP contribution < -0.4 is 10.1 Å². The molecule has 0 spiro atoms. The smallest absolute Gasteiger partial charge is 0.228 e. The number of rotatable bonds is 5. The number of halogens is 1. The lowest BCUT2D eigenvalue weighted by molar-refractivity contribution is -0.115. The Bertz CT molecular complexity index is 698. The molecule has 7 heteroatoms. The molecule has 118 valence electrons. The zero-order valence-corrected chi connectivity index (χ0v) is 13.4. The molecule has 0 aliphatic rings. The number of hydrogen-bond acceptors (Lipinski definition) is 4. The third-order valence-electron chi connectivity index (χ3n) is 3.34. The minimum absolute atomic E-state index is 0.138. The summed E-state index contributed by atoms with van der Waals surface area (Å²) < 4.78 is 6.66. The van der Waals surface area contributed by atoms with Gasteiger partial charge in [0.25, 0.3) is 0 Å². The number of nitrogens with zero attached hydrogens (tertiary/aromatic N) is 2. The SMILES string of the molecule is COc1ccc(NC(=O)Cc2c(C)nn(C)c2Cl)cc1CO. The summed E-state index contributed by atoms with van der Waals surface area (Å²) >= 11 is 6.12. The zero-order chi connectivity index (χ0) is 16.3. The normalized spacial score (nSPS) is 10.6. The molecule has 0 unspecified atom stereocenters. The molecule has 0 saturated heterocycles. The average molecular weight is 324 g/mol. The first-order valence-electron chi connectivity index (χ1n) is 6.71. The Kier molecular flexibility index (Phi) is 5.05. The Labute approximate surface area is 133 Å². The summed E-state index contributed by atoms with van der Waals surface area (Å²) in [6.45, 7) is 1.65. The lowest BCUT2D eigenvalue weighted by Gasteiger charge is -2.10. The van der Waals surface area contributed by atoms with Gasteiger partial charge < -0.3 is 15.2 Å². The maximum absolute atomic E-state index is 12.1. The van der Waals surface area contributed by atoms with Crippen molar-refractivity contribution < 1.29 is 14.6 Å². The van der Waals surface area contributed by atoms with Crippen molar-refractivity contribution in [2.75, 3.05) is 12.4 Å². The van der Waals surface area contributed by atoms with E-state index in [0.29, 0.717) is 27.7 Å². The Hall–Kier alpha value is -2.05. The largest absolute Gasteiger partial charge is 0.496 e. The molecule has 22 heavy (non-hydrogen) atoms. The minimum Gasteiger partial charge on any atom is -0.496 e. The number of carbonyl (C=O) groups is 1. The maximum atomic E-state index is 12.1. The van der Waals surface area contributed by atoms with Crippen LogP contribution in [0, 0.1) is 6.92 Å². The van der Waals surface area contributed by atoms with Crippen molar-refractivity contribution in [1.82, 2.24) is 9.78 Å². The lowest BCUT2D eigenvalue weighted by atomic mass is 10.1. The van der Waals surface area contributed by atoms with Gasteiger partial charge in [-0.15, -0.1) is 0 Å². The number of amides is 1. The highest BCUT2D eigenvalue weighted by atomic mass is 35.5. The highest BCUT2D eigenvalue weighted by molar-refractivity contribution is 6.30. The van der Waals surface area contributed by atoms with Crippen LogP contribution in [-0.4, -0.2) is 27.9 Å². The number of methoxy groups -OCH3 is 1. The maximum Gasteiger partial charge on any atom is 0.228 e. The summed E-state index contributed by atoms with van der Waals surface area (Å²) in [6, 6.07) is 5.09. The minimum atomic E-state index is -0.202. The van der Waals surface area contributed by atoms with Crippen LogP contribution in [0.4, 0.5) is 5.69 Å². The second-order valence-electron chi connectivity index (χ2n) is 4.89. The molecule has 0 radical (unpaired) electrons. The van der Waals surface area contributed by atoms with Crippen molar-refractivity contribution in [3.05, 3.63) is 40.2 Å². The van der Waals surface area contributed by atoms with E-state index >= 15 is 0 Å². The van der Waals surface area contributed by atoms with Crippen LogP contribution in [0.25, 0.3) is 0 Å². The van der Waals surface area contributed by atoms with Crippen molar-refractivity contribution in [2.45, 2.75) is 20.0 Å². The van der Waals surface area contributed by atoms with Gasteiger partial charge in [-0.1, -0.05) is 11.6 Å². The number of benzene rings is 1. The number of aliphatic hydroxyl groups excluding tert-OH is 1. The Morgan fingerprint density at radius 1 is 1.50 bits per heavy atom. The number of nitrogens with one attached hydrogen (secondary N) is 1. The van der Waals surface area contributed by atoms with Crippen LogP contribution in [0.1, 0.15) is 16.8 Å². The molecule has 1 heterocycles. The molecular formula is C15H18ClN3O3. The van der Waals surface area contributed by atoms with Crippen LogP contribution in [0.3, 0.4) is 0 Å². The highest BCUT2D eigenvalue weighted by Crippen LogP contribution is 2.23. The number of ether oxygens (including phenoxy) is 1. The molecule has 0 bridgehead atoms. The Balaban J connectivity index is 2.12. The molecule has 2 rings (SSSR count). The second-order valence-corrected chi connectivity index (χ2v) is 5.25. The van der Waals surface area contributed by atoms with Gasteiger partial charge >= 0.3 is 0 Å². The molecule has 0 fully saturated rings. The van der Waals surface area contributed by atoms with E-state index in [4.69, 9.17) is 16.3 Å². The highest BCUT2D eigenvalue weighted by Gasteiger charge is 2.15. The first-order valence-corrected chi connectivity index (χ1v) is 7.09. The van der Waals surface area contributed by atoms with E-state index in [-0.39, 0.29) is 18.9 Å². The molecular weight excluding hydrogens is 306 g/mol. The second kappa shape index (κ2) is 6.81. The number of hydrogen-bond donors (Lipinski definition) is 2. The molecule has 2 N–H and O–H groups in total. The van der Waals surface area contributed by atoms with Gasteiger partial charge in [0.2, 0.25) is 5.91 Å². The fourth-order valence-electron chi connectivity index (χ4n) is 2.22. The zero-order valence-electron chi connectivity index (χ0n) is 12.7. The van der Waals surface area contributed by atoms with Gasteiger partial charge in [-0.25, -0.2) is 0 Å². The summed E-state index contributed by atoms with van der Waals surface area (Å²) in [5.41, 5.74) is 2.63. The topological polar surface area (TPSA) is 76.4 Å². The number of aryl methyl sites for hydroxylation is 2. The van der Waals surface area contributed by atoms with Gasteiger partial charge in [0.15, 0.2) is 0 Å². The van der Waals surface area contributed by atoms with E-state index in [0.717, 1.165) is 5.69 Å². The number of carbonyl (C=O) groups excluding carboxylic acids is 1. The van der Waals surface area contributed by atoms with Crippen LogP contribution >= 0.6 is 11.6 Å². The summed E-state index contributed by atoms with van der Waals surface area (Å²) in [5, 5.41) is 16.7. The van der Waals surface area contributed by atoms with Crippen molar-refractivity contribution in [1.29, 1.82) is 0 Å². The number of anilines is 1. The molecule has 1 aromatic heterocycles. The first kappa shape index (κ1) is 16.3. The lowest BCUT2D eigenvalue weighted by Crippen LogP contribution is -2.15. The van der Waals surface area contributed by atoms with E-state index in [1.807, 2.05) is 6.92 Å². The van der Waals surface area contributed by atoms with E-state index in [1.165, 1.54) is 11.8 Å². The van der Waals surface area contributed by atoms with E-state index in [1.54, 1.807) is 25.2 Å². The quantitative estimate of drug-likeness (QED) is 0.883. The van der Waals surface area contributed by atoms with Crippen molar-refractivity contribution in [2.24, 2.45) is 7.05 Å². The molecule has 0 aliphatic carbocycles. The fourth-order valence-corrected chi connectivity index (χ4v) is 2.46. The van der Waals surface area contributed by atoms with Gasteiger partial charge in [0.05, 0.1) is 25.8 Å². The monoisotopic (exact) mass is 323 g/mol. The third-order valence-corrected chi connectivity index (χ3v) is 3.81. The summed E-state index contributed by atoms with van der Waals surface area (Å²) in [4.78, 5) is 12.1.